The molecule has 250 valence electrons. The number of hydrogen-bond acceptors (Lipinski definition) is 5. The highest BCUT2D eigenvalue weighted by atomic mass is 32.2. The number of rotatable bonds is 10. The molecule has 7 rings (SSSR count). The summed E-state index contributed by atoms with van der Waals surface area (Å²) < 4.78 is 36.2. The summed E-state index contributed by atoms with van der Waals surface area (Å²) in [6.45, 7) is 4.80. The SMILES string of the molecule is Cc1ccc(NS(=O)(=O)c2ccc3c(c2)C(=O)N(c2ccc(C)cc2)[C@@H](c2cccc(OCc4ccccc4)c2)N3Cc2ccccc2)cc1. The van der Waals surface area contributed by atoms with Gasteiger partial charge in [-0.25, -0.2) is 8.42 Å². The fourth-order valence-corrected chi connectivity index (χ4v) is 7.29. The monoisotopic (exact) mass is 679 g/mol. The molecule has 1 heterocycles. The van der Waals surface area contributed by atoms with Crippen molar-refractivity contribution in [1.82, 2.24) is 0 Å². The number of carbonyl (C=O) groups is 1. The zero-order chi connectivity index (χ0) is 34.7. The minimum atomic E-state index is -4.00. The number of sulfonamides is 1. The van der Waals surface area contributed by atoms with Crippen molar-refractivity contribution in [3.63, 3.8) is 0 Å². The molecule has 50 heavy (non-hydrogen) atoms. The molecule has 1 N–H and O–H groups in total. The molecule has 0 radical (unpaired) electrons. The van der Waals surface area contributed by atoms with Crippen LogP contribution in [0.15, 0.2) is 157 Å². The van der Waals surface area contributed by atoms with Crippen LogP contribution in [-0.4, -0.2) is 14.3 Å². The Hall–Kier alpha value is -5.86. The van der Waals surface area contributed by atoms with Crippen molar-refractivity contribution in [3.8, 4) is 5.75 Å². The molecule has 8 heteroatoms. The second-order valence-electron chi connectivity index (χ2n) is 12.5. The molecule has 0 bridgehead atoms. The molecule has 0 spiro atoms. The van der Waals surface area contributed by atoms with Gasteiger partial charge in [-0.2, -0.15) is 0 Å². The first kappa shape index (κ1) is 32.7. The summed E-state index contributed by atoms with van der Waals surface area (Å²) in [5, 5.41) is 0. The Balaban J connectivity index is 1.35. The number of carbonyl (C=O) groups excluding carboxylic acids is 1. The van der Waals surface area contributed by atoms with Gasteiger partial charge < -0.3 is 9.64 Å². The standard InChI is InChI=1S/C42H37N3O4S/c1-30-16-20-35(21-17-30)43-50(47,48)38-24-25-40-39(27-38)42(46)45(36-22-18-31(2)19-23-36)41(44(40)28-32-10-5-3-6-11-32)34-14-9-15-37(26-34)49-29-33-12-7-4-8-13-33/h3-27,41,43H,28-29H2,1-2H3/t41-/m0/s1. The van der Waals surface area contributed by atoms with Gasteiger partial charge in [0.25, 0.3) is 15.9 Å². The zero-order valence-corrected chi connectivity index (χ0v) is 28.7. The topological polar surface area (TPSA) is 79.0 Å². The van der Waals surface area contributed by atoms with E-state index in [1.165, 1.54) is 6.07 Å². The summed E-state index contributed by atoms with van der Waals surface area (Å²) in [4.78, 5) is 18.7. The second-order valence-corrected chi connectivity index (χ2v) is 14.2. The van der Waals surface area contributed by atoms with Gasteiger partial charge >= 0.3 is 0 Å². The molecule has 1 atom stereocenters. The van der Waals surface area contributed by atoms with Crippen LogP contribution in [-0.2, 0) is 23.2 Å². The van der Waals surface area contributed by atoms with Gasteiger partial charge in [0.15, 0.2) is 0 Å². The van der Waals surface area contributed by atoms with E-state index in [0.29, 0.717) is 41.5 Å². The van der Waals surface area contributed by atoms with Gasteiger partial charge in [-0.3, -0.25) is 14.4 Å². The third kappa shape index (κ3) is 6.97. The van der Waals surface area contributed by atoms with Crippen LogP contribution in [0.25, 0.3) is 0 Å². The molecule has 0 aliphatic carbocycles. The lowest BCUT2D eigenvalue weighted by atomic mass is 9.98. The molecule has 1 aliphatic heterocycles. The molecule has 1 amide bonds. The smallest absolute Gasteiger partial charge is 0.262 e. The highest BCUT2D eigenvalue weighted by Crippen LogP contribution is 2.44. The fourth-order valence-electron chi connectivity index (χ4n) is 6.20. The highest BCUT2D eigenvalue weighted by molar-refractivity contribution is 7.92. The quantitative estimate of drug-likeness (QED) is 0.156. The number of anilines is 3. The normalized spacial score (nSPS) is 14.3. The van der Waals surface area contributed by atoms with Gasteiger partial charge in [-0.15, -0.1) is 0 Å². The largest absolute Gasteiger partial charge is 0.489 e. The van der Waals surface area contributed by atoms with E-state index in [1.807, 2.05) is 135 Å². The fraction of sp³-hybridized carbons (Fsp3) is 0.119. The zero-order valence-electron chi connectivity index (χ0n) is 27.9. The predicted octanol–water partition coefficient (Wildman–Crippen LogP) is 9.05. The molecule has 0 saturated heterocycles. The highest BCUT2D eigenvalue weighted by Gasteiger charge is 2.40. The van der Waals surface area contributed by atoms with Crippen molar-refractivity contribution in [2.45, 2.75) is 38.1 Å². The molecule has 0 fully saturated rings. The first-order valence-corrected chi connectivity index (χ1v) is 17.9. The van der Waals surface area contributed by atoms with Crippen LogP contribution in [0.3, 0.4) is 0 Å². The number of benzene rings is 6. The Labute approximate surface area is 293 Å². The van der Waals surface area contributed by atoms with Crippen molar-refractivity contribution >= 4 is 33.0 Å². The van der Waals surface area contributed by atoms with Crippen LogP contribution in [0.1, 0.15) is 44.3 Å². The number of hydrogen-bond donors (Lipinski definition) is 1. The van der Waals surface area contributed by atoms with E-state index in [1.54, 1.807) is 29.2 Å². The Kier molecular flexibility index (Phi) is 9.11. The Morgan fingerprint density at radius 1 is 0.680 bits per heavy atom. The van der Waals surface area contributed by atoms with Gasteiger partial charge in [-0.1, -0.05) is 108 Å². The first-order chi connectivity index (χ1) is 24.2. The third-order valence-electron chi connectivity index (χ3n) is 8.79. The van der Waals surface area contributed by atoms with Crippen molar-refractivity contribution in [2.75, 3.05) is 14.5 Å². The summed E-state index contributed by atoms with van der Waals surface area (Å²) in [5.74, 6) is 0.373. The van der Waals surface area contributed by atoms with Crippen LogP contribution in [0, 0.1) is 13.8 Å². The van der Waals surface area contributed by atoms with Crippen molar-refractivity contribution in [2.24, 2.45) is 0 Å². The Morgan fingerprint density at radius 2 is 1.32 bits per heavy atom. The average Bonchev–Trinajstić information content (AvgIpc) is 3.14. The van der Waals surface area contributed by atoms with Crippen LogP contribution < -0.4 is 19.3 Å². The Bertz CT molecular complexity index is 2220. The van der Waals surface area contributed by atoms with Crippen LogP contribution >= 0.6 is 0 Å². The minimum absolute atomic E-state index is 0.00320. The molecule has 0 aromatic heterocycles. The molecular weight excluding hydrogens is 643 g/mol. The molecule has 0 unspecified atom stereocenters. The van der Waals surface area contributed by atoms with Gasteiger partial charge in [-0.05, 0) is 85.1 Å². The maximum atomic E-state index is 14.8. The third-order valence-corrected chi connectivity index (χ3v) is 10.2. The van der Waals surface area contributed by atoms with E-state index in [-0.39, 0.29) is 10.8 Å². The average molecular weight is 680 g/mol. The summed E-state index contributed by atoms with van der Waals surface area (Å²) in [6, 6.07) is 47.6. The van der Waals surface area contributed by atoms with Gasteiger partial charge in [0, 0.05) is 17.9 Å². The summed E-state index contributed by atoms with van der Waals surface area (Å²) >= 11 is 0. The molecule has 0 saturated carbocycles. The Morgan fingerprint density at radius 3 is 2.00 bits per heavy atom. The van der Waals surface area contributed by atoms with E-state index in [4.69, 9.17) is 4.74 Å². The summed E-state index contributed by atoms with van der Waals surface area (Å²) in [6.07, 6.45) is -0.577. The number of nitrogens with zero attached hydrogens (tertiary/aromatic N) is 2. The van der Waals surface area contributed by atoms with Crippen LogP contribution in [0.5, 0.6) is 5.75 Å². The lowest BCUT2D eigenvalue weighted by molar-refractivity contribution is 0.0968. The van der Waals surface area contributed by atoms with E-state index >= 15 is 0 Å². The number of amides is 1. The van der Waals surface area contributed by atoms with E-state index in [2.05, 4.69) is 9.62 Å². The number of ether oxygens (including phenoxy) is 1. The minimum Gasteiger partial charge on any atom is -0.489 e. The van der Waals surface area contributed by atoms with Crippen molar-refractivity contribution < 1.29 is 17.9 Å². The van der Waals surface area contributed by atoms with Crippen LogP contribution in [0.2, 0.25) is 0 Å². The molecular formula is C42H37N3O4S. The van der Waals surface area contributed by atoms with E-state index in [0.717, 1.165) is 27.8 Å². The van der Waals surface area contributed by atoms with Gasteiger partial charge in [0.05, 0.1) is 16.1 Å². The van der Waals surface area contributed by atoms with Gasteiger partial charge in [0.2, 0.25) is 0 Å². The molecule has 6 aromatic rings. The number of fused-ring (bicyclic) bond motifs is 1. The van der Waals surface area contributed by atoms with Crippen molar-refractivity contribution in [3.05, 3.63) is 185 Å². The maximum absolute atomic E-state index is 14.8. The van der Waals surface area contributed by atoms with E-state index < -0.39 is 16.2 Å². The molecule has 6 aromatic carbocycles. The molecule has 1 aliphatic rings. The number of aryl methyl sites for hydroxylation is 2. The van der Waals surface area contributed by atoms with Crippen molar-refractivity contribution in [1.29, 1.82) is 0 Å². The lowest BCUT2D eigenvalue weighted by Gasteiger charge is -2.46. The molecule has 7 nitrogen and oxygen atoms in total. The van der Waals surface area contributed by atoms with Crippen LogP contribution in [0.4, 0.5) is 17.1 Å². The maximum Gasteiger partial charge on any atom is 0.262 e. The lowest BCUT2D eigenvalue weighted by Crippen LogP contribution is -2.49. The van der Waals surface area contributed by atoms with E-state index in [9.17, 15) is 13.2 Å². The predicted molar refractivity (Wildman–Crippen MR) is 199 cm³/mol. The summed E-state index contributed by atoms with van der Waals surface area (Å²) in [7, 11) is -4.00. The first-order valence-electron chi connectivity index (χ1n) is 16.5. The number of nitrogens with one attached hydrogen (secondary N) is 1. The summed E-state index contributed by atoms with van der Waals surface area (Å²) in [5.41, 5.74) is 7.08. The van der Waals surface area contributed by atoms with Gasteiger partial charge in [0.1, 0.15) is 18.5 Å². The second kappa shape index (κ2) is 13.9.